The Bertz CT molecular complexity index is 333. The van der Waals surface area contributed by atoms with Gasteiger partial charge in [-0.15, -0.1) is 0 Å². The second kappa shape index (κ2) is 4.75. The van der Waals surface area contributed by atoms with Crippen LogP contribution in [0.1, 0.15) is 38.3 Å². The van der Waals surface area contributed by atoms with E-state index in [1.165, 1.54) is 11.1 Å². The molecule has 0 aliphatic heterocycles. The molecule has 2 N–H and O–H groups in total. The predicted molar refractivity (Wildman–Crippen MR) is 70.2 cm³/mol. The number of aryl methyl sites for hydroxylation is 1. The summed E-state index contributed by atoms with van der Waals surface area (Å²) in [6.45, 7) is 6.66. The molecule has 0 fully saturated rings. The second-order valence-corrected chi connectivity index (χ2v) is 5.44. The van der Waals surface area contributed by atoms with Crippen molar-refractivity contribution < 1.29 is 0 Å². The molecule has 0 amide bonds. The van der Waals surface area contributed by atoms with Crippen LogP contribution < -0.4 is 5.73 Å². The summed E-state index contributed by atoms with van der Waals surface area (Å²) in [6, 6.07) is 8.71. The first-order valence-corrected chi connectivity index (χ1v) is 5.68. The average molecular weight is 221 g/mol. The van der Waals surface area contributed by atoms with Crippen LogP contribution in [-0.2, 0) is 11.8 Å². The van der Waals surface area contributed by atoms with Gasteiger partial charge in [0.15, 0.2) is 0 Å². The quantitative estimate of drug-likeness (QED) is 0.793. The first kappa shape index (κ1) is 12.2. The molecule has 0 atom stereocenters. The van der Waals surface area contributed by atoms with Crippen LogP contribution >= 0.6 is 12.2 Å². The van der Waals surface area contributed by atoms with Gasteiger partial charge in [0, 0.05) is 6.42 Å². The third-order valence-corrected chi connectivity index (χ3v) is 2.68. The van der Waals surface area contributed by atoms with Gasteiger partial charge in [0.2, 0.25) is 0 Å². The van der Waals surface area contributed by atoms with Crippen molar-refractivity contribution in [1.29, 1.82) is 0 Å². The van der Waals surface area contributed by atoms with Gasteiger partial charge in [-0.25, -0.2) is 0 Å². The van der Waals surface area contributed by atoms with E-state index in [4.69, 9.17) is 18.0 Å². The van der Waals surface area contributed by atoms with E-state index in [9.17, 15) is 0 Å². The molecule has 1 aromatic carbocycles. The minimum Gasteiger partial charge on any atom is -0.393 e. The van der Waals surface area contributed by atoms with Crippen molar-refractivity contribution >= 4 is 17.2 Å². The van der Waals surface area contributed by atoms with Gasteiger partial charge in [-0.3, -0.25) is 0 Å². The molecule has 0 saturated heterocycles. The third-order valence-electron chi connectivity index (χ3n) is 2.48. The standard InChI is InChI=1S/C13H19NS/c1-13(2,3)11-7-4-10(5-8-11)6-9-12(14)15/h4-5,7-8H,6,9H2,1-3H3,(H2,14,15). The Kier molecular flexibility index (Phi) is 3.86. The summed E-state index contributed by atoms with van der Waals surface area (Å²) in [5.41, 5.74) is 8.36. The molecular formula is C13H19NS. The maximum absolute atomic E-state index is 5.47. The molecule has 82 valence electrons. The van der Waals surface area contributed by atoms with Crippen molar-refractivity contribution in [3.63, 3.8) is 0 Å². The van der Waals surface area contributed by atoms with Crippen molar-refractivity contribution in [3.05, 3.63) is 35.4 Å². The number of thiocarbonyl (C=S) groups is 1. The van der Waals surface area contributed by atoms with Gasteiger partial charge < -0.3 is 5.73 Å². The lowest BCUT2D eigenvalue weighted by Gasteiger charge is -2.19. The fourth-order valence-corrected chi connectivity index (χ4v) is 1.54. The summed E-state index contributed by atoms with van der Waals surface area (Å²) in [4.78, 5) is 0.592. The number of hydrogen-bond donors (Lipinski definition) is 1. The fourth-order valence-electron chi connectivity index (χ4n) is 1.44. The zero-order valence-corrected chi connectivity index (χ0v) is 10.5. The molecule has 0 aliphatic carbocycles. The lowest BCUT2D eigenvalue weighted by molar-refractivity contribution is 0.590. The van der Waals surface area contributed by atoms with Crippen LogP contribution in [0, 0.1) is 0 Å². The second-order valence-electron chi connectivity index (χ2n) is 4.91. The van der Waals surface area contributed by atoms with Crippen molar-refractivity contribution in [2.24, 2.45) is 5.73 Å². The highest BCUT2D eigenvalue weighted by atomic mass is 32.1. The fraction of sp³-hybridized carbons (Fsp3) is 0.462. The zero-order chi connectivity index (χ0) is 11.5. The molecule has 0 radical (unpaired) electrons. The summed E-state index contributed by atoms with van der Waals surface area (Å²) >= 11 is 4.86. The average Bonchev–Trinajstić information content (AvgIpc) is 2.14. The van der Waals surface area contributed by atoms with Crippen molar-refractivity contribution in [2.45, 2.75) is 39.0 Å². The van der Waals surface area contributed by atoms with Gasteiger partial charge >= 0.3 is 0 Å². The normalized spacial score (nSPS) is 11.4. The molecule has 0 bridgehead atoms. The maximum atomic E-state index is 5.47. The lowest BCUT2D eigenvalue weighted by Crippen LogP contribution is -2.11. The molecule has 0 spiro atoms. The minimum absolute atomic E-state index is 0.224. The van der Waals surface area contributed by atoms with E-state index in [-0.39, 0.29) is 5.41 Å². The highest BCUT2D eigenvalue weighted by Gasteiger charge is 2.12. The van der Waals surface area contributed by atoms with Crippen molar-refractivity contribution in [3.8, 4) is 0 Å². The smallest absolute Gasteiger partial charge is 0.0730 e. The number of rotatable bonds is 3. The van der Waals surface area contributed by atoms with Crippen LogP contribution in [0.5, 0.6) is 0 Å². The number of benzene rings is 1. The van der Waals surface area contributed by atoms with E-state index < -0.39 is 0 Å². The molecule has 0 saturated carbocycles. The van der Waals surface area contributed by atoms with E-state index in [0.29, 0.717) is 4.99 Å². The van der Waals surface area contributed by atoms with E-state index in [1.54, 1.807) is 0 Å². The Balaban J connectivity index is 2.69. The summed E-state index contributed by atoms with van der Waals surface area (Å²) in [5, 5.41) is 0. The summed E-state index contributed by atoms with van der Waals surface area (Å²) in [6.07, 6.45) is 1.74. The molecule has 15 heavy (non-hydrogen) atoms. The van der Waals surface area contributed by atoms with Gasteiger partial charge in [-0.1, -0.05) is 57.3 Å². The molecule has 1 aromatic rings. The molecule has 1 nitrogen and oxygen atoms in total. The molecular weight excluding hydrogens is 202 g/mol. The van der Waals surface area contributed by atoms with Crippen molar-refractivity contribution in [1.82, 2.24) is 0 Å². The van der Waals surface area contributed by atoms with E-state index >= 15 is 0 Å². The lowest BCUT2D eigenvalue weighted by atomic mass is 9.86. The topological polar surface area (TPSA) is 26.0 Å². The van der Waals surface area contributed by atoms with Gasteiger partial charge in [0.25, 0.3) is 0 Å². The van der Waals surface area contributed by atoms with Gasteiger partial charge in [0.1, 0.15) is 0 Å². The first-order valence-electron chi connectivity index (χ1n) is 5.27. The Morgan fingerprint density at radius 3 is 2.13 bits per heavy atom. The Labute approximate surface area is 97.7 Å². The van der Waals surface area contributed by atoms with Crippen LogP contribution in [0.4, 0.5) is 0 Å². The van der Waals surface area contributed by atoms with Crippen LogP contribution in [-0.4, -0.2) is 4.99 Å². The SMILES string of the molecule is CC(C)(C)c1ccc(CCC(N)=S)cc1. The minimum atomic E-state index is 0.224. The zero-order valence-electron chi connectivity index (χ0n) is 9.71. The highest BCUT2D eigenvalue weighted by molar-refractivity contribution is 7.80. The first-order chi connectivity index (χ1) is 6.89. The Hall–Kier alpha value is -0.890. The van der Waals surface area contributed by atoms with Gasteiger partial charge in [0.05, 0.1) is 4.99 Å². The van der Waals surface area contributed by atoms with Gasteiger partial charge in [-0.2, -0.15) is 0 Å². The summed E-state index contributed by atoms with van der Waals surface area (Å²) in [5.74, 6) is 0. The number of hydrogen-bond acceptors (Lipinski definition) is 1. The van der Waals surface area contributed by atoms with E-state index in [0.717, 1.165) is 12.8 Å². The molecule has 0 heterocycles. The monoisotopic (exact) mass is 221 g/mol. The van der Waals surface area contributed by atoms with Crippen LogP contribution in [0.15, 0.2) is 24.3 Å². The maximum Gasteiger partial charge on any atom is 0.0730 e. The van der Waals surface area contributed by atoms with E-state index in [1.807, 2.05) is 0 Å². The van der Waals surface area contributed by atoms with E-state index in [2.05, 4.69) is 45.0 Å². The Morgan fingerprint density at radius 1 is 1.20 bits per heavy atom. The molecule has 0 aliphatic rings. The summed E-state index contributed by atoms with van der Waals surface area (Å²) in [7, 11) is 0. The van der Waals surface area contributed by atoms with Crippen LogP contribution in [0.2, 0.25) is 0 Å². The predicted octanol–water partition coefficient (Wildman–Crippen LogP) is 3.20. The van der Waals surface area contributed by atoms with Crippen LogP contribution in [0.25, 0.3) is 0 Å². The van der Waals surface area contributed by atoms with Crippen LogP contribution in [0.3, 0.4) is 0 Å². The number of nitrogens with two attached hydrogens (primary N) is 1. The molecule has 0 aromatic heterocycles. The Morgan fingerprint density at radius 2 is 1.73 bits per heavy atom. The summed E-state index contributed by atoms with van der Waals surface area (Å²) < 4.78 is 0. The van der Waals surface area contributed by atoms with Crippen molar-refractivity contribution in [2.75, 3.05) is 0 Å². The molecule has 0 unspecified atom stereocenters. The molecule has 2 heteroatoms. The molecule has 1 rings (SSSR count). The largest absolute Gasteiger partial charge is 0.393 e. The highest BCUT2D eigenvalue weighted by Crippen LogP contribution is 2.22. The van der Waals surface area contributed by atoms with Gasteiger partial charge in [-0.05, 0) is 23.0 Å². The third kappa shape index (κ3) is 4.00.